The van der Waals surface area contributed by atoms with Crippen molar-refractivity contribution >= 4 is 29.3 Å². The number of ether oxygens (including phenoxy) is 2. The van der Waals surface area contributed by atoms with Crippen molar-refractivity contribution in [2.45, 2.75) is 0 Å². The molecule has 0 aliphatic rings. The van der Waals surface area contributed by atoms with Gasteiger partial charge in [0.1, 0.15) is 23.1 Å². The summed E-state index contributed by atoms with van der Waals surface area (Å²) in [5, 5.41) is 22.7. The highest BCUT2D eigenvalue weighted by Gasteiger charge is 2.13. The van der Waals surface area contributed by atoms with Crippen molar-refractivity contribution < 1.29 is 24.0 Å². The molecule has 0 saturated heterocycles. The third-order valence-corrected chi connectivity index (χ3v) is 4.39. The SMILES string of the molecule is COc1ccc(C(=O)Oc2cccc(/C=C(\C#N)C(=O)Nc3cccc([N+](=O)[O-])c3)c2)cc1. The molecule has 1 N–H and O–H groups in total. The summed E-state index contributed by atoms with van der Waals surface area (Å²) in [6, 6.07) is 19.9. The van der Waals surface area contributed by atoms with E-state index in [0.717, 1.165) is 0 Å². The van der Waals surface area contributed by atoms with E-state index in [1.165, 1.54) is 43.5 Å². The topological polar surface area (TPSA) is 132 Å². The van der Waals surface area contributed by atoms with Gasteiger partial charge in [0.15, 0.2) is 0 Å². The van der Waals surface area contributed by atoms with E-state index in [9.17, 15) is 25.0 Å². The number of benzene rings is 3. The van der Waals surface area contributed by atoms with Gasteiger partial charge < -0.3 is 14.8 Å². The van der Waals surface area contributed by atoms with Gasteiger partial charge in [0.25, 0.3) is 11.6 Å². The quantitative estimate of drug-likeness (QED) is 0.143. The summed E-state index contributed by atoms with van der Waals surface area (Å²) in [6.07, 6.45) is 1.32. The smallest absolute Gasteiger partial charge is 0.343 e. The van der Waals surface area contributed by atoms with Gasteiger partial charge >= 0.3 is 5.97 Å². The van der Waals surface area contributed by atoms with E-state index in [1.54, 1.807) is 48.5 Å². The molecule has 0 fully saturated rings. The van der Waals surface area contributed by atoms with Crippen LogP contribution in [0.15, 0.2) is 78.4 Å². The number of nitro benzene ring substituents is 1. The van der Waals surface area contributed by atoms with Gasteiger partial charge in [0.05, 0.1) is 17.6 Å². The number of nitro groups is 1. The molecule has 0 bridgehead atoms. The number of hydrogen-bond donors (Lipinski definition) is 1. The van der Waals surface area contributed by atoms with Gasteiger partial charge in [0, 0.05) is 17.8 Å². The van der Waals surface area contributed by atoms with Crippen LogP contribution in [0.4, 0.5) is 11.4 Å². The Morgan fingerprint density at radius 3 is 2.42 bits per heavy atom. The van der Waals surface area contributed by atoms with Crippen molar-refractivity contribution in [3.63, 3.8) is 0 Å². The van der Waals surface area contributed by atoms with E-state index in [-0.39, 0.29) is 22.7 Å². The fraction of sp³-hybridized carbons (Fsp3) is 0.0417. The largest absolute Gasteiger partial charge is 0.497 e. The van der Waals surface area contributed by atoms with Gasteiger partial charge in [0.2, 0.25) is 0 Å². The number of esters is 1. The number of rotatable bonds is 7. The number of nitrogens with one attached hydrogen (secondary N) is 1. The van der Waals surface area contributed by atoms with E-state index in [0.29, 0.717) is 16.9 Å². The average Bonchev–Trinajstić information content (AvgIpc) is 2.82. The van der Waals surface area contributed by atoms with E-state index >= 15 is 0 Å². The molecular formula is C24H17N3O6. The Morgan fingerprint density at radius 2 is 1.76 bits per heavy atom. The first kappa shape index (κ1) is 22.7. The number of methoxy groups -OCH3 is 1. The van der Waals surface area contributed by atoms with Crippen molar-refractivity contribution in [1.82, 2.24) is 0 Å². The van der Waals surface area contributed by atoms with Crippen molar-refractivity contribution in [2.75, 3.05) is 12.4 Å². The highest BCUT2D eigenvalue weighted by Crippen LogP contribution is 2.20. The number of amides is 1. The van der Waals surface area contributed by atoms with Crippen LogP contribution in [0.1, 0.15) is 15.9 Å². The highest BCUT2D eigenvalue weighted by atomic mass is 16.6. The maximum absolute atomic E-state index is 12.5. The van der Waals surface area contributed by atoms with Gasteiger partial charge in [-0.3, -0.25) is 14.9 Å². The minimum absolute atomic E-state index is 0.178. The van der Waals surface area contributed by atoms with E-state index in [4.69, 9.17) is 9.47 Å². The maximum atomic E-state index is 12.5. The first-order chi connectivity index (χ1) is 15.9. The molecule has 3 aromatic rings. The third kappa shape index (κ3) is 6.02. The first-order valence-electron chi connectivity index (χ1n) is 9.53. The third-order valence-electron chi connectivity index (χ3n) is 4.39. The zero-order chi connectivity index (χ0) is 23.8. The summed E-state index contributed by atoms with van der Waals surface area (Å²) in [7, 11) is 1.52. The lowest BCUT2D eigenvalue weighted by Gasteiger charge is -2.07. The van der Waals surface area contributed by atoms with E-state index < -0.39 is 16.8 Å². The highest BCUT2D eigenvalue weighted by molar-refractivity contribution is 6.09. The number of non-ortho nitro benzene ring substituents is 1. The Morgan fingerprint density at radius 1 is 1.03 bits per heavy atom. The lowest BCUT2D eigenvalue weighted by atomic mass is 10.1. The van der Waals surface area contributed by atoms with Crippen LogP contribution in [0.3, 0.4) is 0 Å². The summed E-state index contributed by atoms with van der Waals surface area (Å²) in [6.45, 7) is 0. The number of nitriles is 1. The van der Waals surface area contributed by atoms with Crippen LogP contribution in [0.25, 0.3) is 6.08 Å². The molecule has 0 aliphatic heterocycles. The summed E-state index contributed by atoms with van der Waals surface area (Å²) >= 11 is 0. The molecule has 164 valence electrons. The van der Waals surface area contributed by atoms with Gasteiger partial charge in [-0.05, 0) is 54.1 Å². The Bertz CT molecular complexity index is 1280. The fourth-order valence-corrected chi connectivity index (χ4v) is 2.77. The van der Waals surface area contributed by atoms with E-state index in [1.807, 2.05) is 0 Å². The summed E-state index contributed by atoms with van der Waals surface area (Å²) in [4.78, 5) is 35.1. The summed E-state index contributed by atoms with van der Waals surface area (Å²) in [5.41, 5.74) is 0.519. The molecule has 3 aromatic carbocycles. The van der Waals surface area contributed by atoms with Gasteiger partial charge in [-0.2, -0.15) is 5.26 Å². The lowest BCUT2D eigenvalue weighted by Crippen LogP contribution is -2.13. The minimum atomic E-state index is -0.737. The molecule has 9 heteroatoms. The van der Waals surface area contributed by atoms with Crippen molar-refractivity contribution in [1.29, 1.82) is 5.26 Å². The van der Waals surface area contributed by atoms with E-state index in [2.05, 4.69) is 5.32 Å². The molecule has 0 aliphatic carbocycles. The second-order valence-electron chi connectivity index (χ2n) is 6.62. The Labute approximate surface area is 188 Å². The number of carbonyl (C=O) groups is 2. The monoisotopic (exact) mass is 443 g/mol. The minimum Gasteiger partial charge on any atom is -0.497 e. The molecule has 1 amide bonds. The number of anilines is 1. The normalized spacial score (nSPS) is 10.6. The molecule has 33 heavy (non-hydrogen) atoms. The van der Waals surface area contributed by atoms with Crippen LogP contribution >= 0.6 is 0 Å². The summed E-state index contributed by atoms with van der Waals surface area (Å²) in [5.74, 6) is -0.492. The second kappa shape index (κ2) is 10.4. The van der Waals surface area contributed by atoms with Gasteiger partial charge in [-0.1, -0.05) is 18.2 Å². The molecule has 9 nitrogen and oxygen atoms in total. The predicted octanol–water partition coefficient (Wildman–Crippen LogP) is 4.37. The fourth-order valence-electron chi connectivity index (χ4n) is 2.77. The van der Waals surface area contributed by atoms with Crippen molar-refractivity contribution in [3.05, 3.63) is 99.6 Å². The lowest BCUT2D eigenvalue weighted by molar-refractivity contribution is -0.384. The summed E-state index contributed by atoms with van der Waals surface area (Å²) < 4.78 is 10.4. The number of hydrogen-bond acceptors (Lipinski definition) is 7. The predicted molar refractivity (Wildman–Crippen MR) is 120 cm³/mol. The van der Waals surface area contributed by atoms with Crippen LogP contribution < -0.4 is 14.8 Å². The zero-order valence-corrected chi connectivity index (χ0v) is 17.3. The van der Waals surface area contributed by atoms with Crippen LogP contribution in [0.2, 0.25) is 0 Å². The van der Waals surface area contributed by atoms with Gasteiger partial charge in [-0.15, -0.1) is 0 Å². The van der Waals surface area contributed by atoms with Crippen LogP contribution in [-0.4, -0.2) is 23.9 Å². The zero-order valence-electron chi connectivity index (χ0n) is 17.3. The molecule has 0 radical (unpaired) electrons. The standard InChI is InChI=1S/C24H17N3O6/c1-32-21-10-8-17(9-11-21)24(29)33-22-7-2-4-16(13-22)12-18(15-25)23(28)26-19-5-3-6-20(14-19)27(30)31/h2-14H,1H3,(H,26,28)/b18-12+. The van der Waals surface area contributed by atoms with Crippen LogP contribution in [0, 0.1) is 21.4 Å². The first-order valence-corrected chi connectivity index (χ1v) is 9.53. The average molecular weight is 443 g/mol. The maximum Gasteiger partial charge on any atom is 0.343 e. The van der Waals surface area contributed by atoms with Crippen molar-refractivity contribution in [3.8, 4) is 17.6 Å². The molecule has 0 saturated carbocycles. The van der Waals surface area contributed by atoms with Gasteiger partial charge in [-0.25, -0.2) is 4.79 Å². The van der Waals surface area contributed by atoms with Crippen LogP contribution in [0.5, 0.6) is 11.5 Å². The molecule has 0 unspecified atom stereocenters. The molecule has 0 aromatic heterocycles. The molecule has 0 atom stereocenters. The number of carbonyl (C=O) groups excluding carboxylic acids is 2. The Hall–Kier alpha value is -4.97. The molecular weight excluding hydrogens is 426 g/mol. The molecule has 0 spiro atoms. The Kier molecular flexibility index (Phi) is 7.13. The van der Waals surface area contributed by atoms with Crippen molar-refractivity contribution in [2.24, 2.45) is 0 Å². The Balaban J connectivity index is 1.74. The van der Waals surface area contributed by atoms with Crippen LogP contribution in [-0.2, 0) is 4.79 Å². The molecule has 0 heterocycles. The number of nitrogens with zero attached hydrogens (tertiary/aromatic N) is 2. The molecule has 3 rings (SSSR count). The second-order valence-corrected chi connectivity index (χ2v) is 6.62.